The predicted octanol–water partition coefficient (Wildman–Crippen LogP) is 5.35. The van der Waals surface area contributed by atoms with Gasteiger partial charge < -0.3 is 4.74 Å². The van der Waals surface area contributed by atoms with Gasteiger partial charge in [-0.1, -0.05) is 60.7 Å². The van der Waals surface area contributed by atoms with Crippen LogP contribution in [0.4, 0.5) is 0 Å². The smallest absolute Gasteiger partial charge is 0.123 e. The molecular formula is C21H18O. The van der Waals surface area contributed by atoms with E-state index in [-0.39, 0.29) is 0 Å². The quantitative estimate of drug-likeness (QED) is 0.617. The van der Waals surface area contributed by atoms with Gasteiger partial charge in [-0.25, -0.2) is 0 Å². The lowest BCUT2D eigenvalue weighted by Crippen LogP contribution is -2.09. The van der Waals surface area contributed by atoms with E-state index in [1.54, 1.807) is 0 Å². The number of rotatable bonds is 2. The molecule has 0 saturated carbocycles. The highest BCUT2D eigenvalue weighted by Gasteiger charge is 2.17. The fourth-order valence-electron chi connectivity index (χ4n) is 3.14. The zero-order chi connectivity index (χ0) is 14.8. The van der Waals surface area contributed by atoms with Crippen molar-refractivity contribution in [2.75, 3.05) is 6.61 Å². The van der Waals surface area contributed by atoms with Crippen LogP contribution in [0.1, 0.15) is 12.0 Å². The molecular weight excluding hydrogens is 268 g/mol. The van der Waals surface area contributed by atoms with Crippen molar-refractivity contribution in [3.05, 3.63) is 78.4 Å². The van der Waals surface area contributed by atoms with Crippen LogP contribution in [0.25, 0.3) is 22.3 Å². The Labute approximate surface area is 131 Å². The Kier molecular flexibility index (Phi) is 3.40. The van der Waals surface area contributed by atoms with E-state index in [0.29, 0.717) is 0 Å². The lowest BCUT2D eigenvalue weighted by atomic mass is 9.91. The summed E-state index contributed by atoms with van der Waals surface area (Å²) in [5.41, 5.74) is 6.37. The molecule has 22 heavy (non-hydrogen) atoms. The molecule has 3 aromatic carbocycles. The van der Waals surface area contributed by atoms with Gasteiger partial charge in [0.25, 0.3) is 0 Å². The summed E-state index contributed by atoms with van der Waals surface area (Å²) in [7, 11) is 0. The van der Waals surface area contributed by atoms with E-state index in [9.17, 15) is 0 Å². The Morgan fingerprint density at radius 3 is 2.09 bits per heavy atom. The fourth-order valence-corrected chi connectivity index (χ4v) is 3.14. The summed E-state index contributed by atoms with van der Waals surface area (Å²) < 4.78 is 5.95. The summed E-state index contributed by atoms with van der Waals surface area (Å²) >= 11 is 0. The van der Waals surface area contributed by atoms with Gasteiger partial charge in [0.15, 0.2) is 0 Å². The molecule has 0 aromatic heterocycles. The van der Waals surface area contributed by atoms with E-state index in [1.165, 1.54) is 27.8 Å². The third kappa shape index (κ3) is 2.39. The van der Waals surface area contributed by atoms with Crippen LogP contribution >= 0.6 is 0 Å². The first kappa shape index (κ1) is 13.1. The van der Waals surface area contributed by atoms with Crippen molar-refractivity contribution in [1.82, 2.24) is 0 Å². The van der Waals surface area contributed by atoms with Crippen molar-refractivity contribution < 1.29 is 4.74 Å². The second kappa shape index (κ2) is 5.69. The Hall–Kier alpha value is -2.54. The lowest BCUT2D eigenvalue weighted by molar-refractivity contribution is 0.289. The van der Waals surface area contributed by atoms with E-state index in [4.69, 9.17) is 4.74 Å². The molecule has 1 nitrogen and oxygen atoms in total. The van der Waals surface area contributed by atoms with Crippen LogP contribution in [0.15, 0.2) is 72.8 Å². The van der Waals surface area contributed by atoms with Crippen molar-refractivity contribution in [2.24, 2.45) is 0 Å². The monoisotopic (exact) mass is 286 g/mol. The fraction of sp³-hybridized carbons (Fsp3) is 0.143. The SMILES string of the molecule is c1ccc(-c2cc3c(c(-c4ccccc4)c2)CCCO3)cc1. The normalized spacial score (nSPS) is 13.3. The zero-order valence-electron chi connectivity index (χ0n) is 12.5. The number of fused-ring (bicyclic) bond motifs is 1. The maximum atomic E-state index is 5.95. The van der Waals surface area contributed by atoms with Crippen molar-refractivity contribution in [1.29, 1.82) is 0 Å². The van der Waals surface area contributed by atoms with Crippen molar-refractivity contribution in [3.63, 3.8) is 0 Å². The molecule has 0 unspecified atom stereocenters. The first-order valence-corrected chi connectivity index (χ1v) is 7.82. The first-order chi connectivity index (χ1) is 10.9. The Balaban J connectivity index is 1.92. The van der Waals surface area contributed by atoms with Crippen LogP contribution in [-0.2, 0) is 6.42 Å². The molecule has 0 saturated heterocycles. The molecule has 0 spiro atoms. The molecule has 0 radical (unpaired) electrons. The van der Waals surface area contributed by atoms with Gasteiger partial charge in [0, 0.05) is 5.56 Å². The number of hydrogen-bond acceptors (Lipinski definition) is 1. The van der Waals surface area contributed by atoms with Gasteiger partial charge >= 0.3 is 0 Å². The average Bonchev–Trinajstić information content (AvgIpc) is 2.62. The molecule has 3 aromatic rings. The van der Waals surface area contributed by atoms with E-state index < -0.39 is 0 Å². The lowest BCUT2D eigenvalue weighted by Gasteiger charge is -2.22. The van der Waals surface area contributed by atoms with Crippen LogP contribution in [-0.4, -0.2) is 6.61 Å². The molecule has 1 aliphatic heterocycles. The Bertz CT molecular complexity index is 776. The molecule has 0 amide bonds. The molecule has 0 aliphatic carbocycles. The van der Waals surface area contributed by atoms with Crippen molar-refractivity contribution >= 4 is 0 Å². The topological polar surface area (TPSA) is 9.23 Å². The Morgan fingerprint density at radius 1 is 0.682 bits per heavy atom. The average molecular weight is 286 g/mol. The van der Waals surface area contributed by atoms with Crippen LogP contribution < -0.4 is 4.74 Å². The second-order valence-corrected chi connectivity index (χ2v) is 5.68. The van der Waals surface area contributed by atoms with E-state index in [2.05, 4.69) is 72.8 Å². The highest BCUT2D eigenvalue weighted by molar-refractivity contribution is 5.78. The van der Waals surface area contributed by atoms with Gasteiger partial charge in [0.2, 0.25) is 0 Å². The van der Waals surface area contributed by atoms with E-state index >= 15 is 0 Å². The second-order valence-electron chi connectivity index (χ2n) is 5.68. The molecule has 108 valence electrons. The van der Waals surface area contributed by atoms with Gasteiger partial charge in [-0.2, -0.15) is 0 Å². The van der Waals surface area contributed by atoms with Crippen LogP contribution in [0, 0.1) is 0 Å². The summed E-state index contributed by atoms with van der Waals surface area (Å²) in [6.07, 6.45) is 2.19. The van der Waals surface area contributed by atoms with Gasteiger partial charge in [0.1, 0.15) is 5.75 Å². The Morgan fingerprint density at radius 2 is 1.36 bits per heavy atom. The number of hydrogen-bond donors (Lipinski definition) is 0. The maximum Gasteiger partial charge on any atom is 0.123 e. The highest BCUT2D eigenvalue weighted by Crippen LogP contribution is 2.38. The van der Waals surface area contributed by atoms with Crippen LogP contribution in [0.3, 0.4) is 0 Å². The summed E-state index contributed by atoms with van der Waals surface area (Å²) in [6, 6.07) is 25.6. The minimum absolute atomic E-state index is 0.819. The zero-order valence-corrected chi connectivity index (χ0v) is 12.5. The van der Waals surface area contributed by atoms with E-state index in [1.807, 2.05) is 0 Å². The maximum absolute atomic E-state index is 5.95. The number of ether oxygens (including phenoxy) is 1. The van der Waals surface area contributed by atoms with Crippen molar-refractivity contribution in [3.8, 4) is 28.0 Å². The van der Waals surface area contributed by atoms with Crippen LogP contribution in [0.5, 0.6) is 5.75 Å². The number of benzene rings is 3. The molecule has 1 heteroatoms. The summed E-state index contributed by atoms with van der Waals surface area (Å²) in [5.74, 6) is 1.05. The minimum atomic E-state index is 0.819. The molecule has 0 bridgehead atoms. The van der Waals surface area contributed by atoms with Gasteiger partial charge in [-0.05, 0) is 47.2 Å². The molecule has 1 aliphatic rings. The summed E-state index contributed by atoms with van der Waals surface area (Å²) in [6.45, 7) is 0.819. The standard InChI is InChI=1S/C21H18O/c1-3-8-16(9-4-1)18-14-20(17-10-5-2-6-11-17)19-12-7-13-22-21(19)15-18/h1-6,8-11,14-15H,7,12-13H2. The van der Waals surface area contributed by atoms with Gasteiger partial charge in [-0.3, -0.25) is 0 Å². The summed E-state index contributed by atoms with van der Waals surface area (Å²) in [4.78, 5) is 0. The molecule has 0 N–H and O–H groups in total. The highest BCUT2D eigenvalue weighted by atomic mass is 16.5. The first-order valence-electron chi connectivity index (χ1n) is 7.82. The predicted molar refractivity (Wildman–Crippen MR) is 91.1 cm³/mol. The van der Waals surface area contributed by atoms with E-state index in [0.717, 1.165) is 25.2 Å². The largest absolute Gasteiger partial charge is 0.493 e. The summed E-state index contributed by atoms with van der Waals surface area (Å²) in [5, 5.41) is 0. The molecule has 4 rings (SSSR count). The third-order valence-electron chi connectivity index (χ3n) is 4.23. The molecule has 0 atom stereocenters. The van der Waals surface area contributed by atoms with Gasteiger partial charge in [0.05, 0.1) is 6.61 Å². The molecule has 0 fully saturated rings. The minimum Gasteiger partial charge on any atom is -0.493 e. The third-order valence-corrected chi connectivity index (χ3v) is 4.23. The van der Waals surface area contributed by atoms with Crippen LogP contribution in [0.2, 0.25) is 0 Å². The van der Waals surface area contributed by atoms with Crippen molar-refractivity contribution in [2.45, 2.75) is 12.8 Å². The molecule has 1 heterocycles. The van der Waals surface area contributed by atoms with Gasteiger partial charge in [-0.15, -0.1) is 0 Å².